The predicted molar refractivity (Wildman–Crippen MR) is 88.8 cm³/mol. The van der Waals surface area contributed by atoms with E-state index in [1.807, 2.05) is 6.92 Å². The van der Waals surface area contributed by atoms with Gasteiger partial charge in [-0.25, -0.2) is 8.42 Å². The molecule has 0 radical (unpaired) electrons. The summed E-state index contributed by atoms with van der Waals surface area (Å²) >= 11 is 4.95. The fourth-order valence-corrected chi connectivity index (χ4v) is 4.31. The largest absolute Gasteiger partial charge is 0.389 e. The number of hydrogen-bond acceptors (Lipinski definition) is 3. The minimum absolute atomic E-state index is 0.220. The molecule has 6 heteroatoms. The van der Waals surface area contributed by atoms with Crippen molar-refractivity contribution in [3.8, 4) is 0 Å². The van der Waals surface area contributed by atoms with E-state index in [9.17, 15) is 8.42 Å². The lowest BCUT2D eigenvalue weighted by atomic mass is 9.83. The fraction of sp³-hybridized carbons (Fsp3) is 0.533. The van der Waals surface area contributed by atoms with Crippen molar-refractivity contribution in [2.24, 2.45) is 11.1 Å². The van der Waals surface area contributed by atoms with Crippen molar-refractivity contribution in [1.82, 2.24) is 4.31 Å². The second kappa shape index (κ2) is 5.66. The normalized spacial score (nSPS) is 19.4. The lowest BCUT2D eigenvalue weighted by Gasteiger charge is -2.36. The molecule has 4 nitrogen and oxygen atoms in total. The van der Waals surface area contributed by atoms with Crippen molar-refractivity contribution < 1.29 is 8.42 Å². The van der Waals surface area contributed by atoms with Gasteiger partial charge in [-0.3, -0.25) is 0 Å². The van der Waals surface area contributed by atoms with Gasteiger partial charge in [-0.2, -0.15) is 4.31 Å². The van der Waals surface area contributed by atoms with Crippen molar-refractivity contribution in [3.63, 3.8) is 0 Å². The molecule has 21 heavy (non-hydrogen) atoms. The summed E-state index contributed by atoms with van der Waals surface area (Å²) in [5.74, 6) is 0. The van der Waals surface area contributed by atoms with Gasteiger partial charge in [-0.15, -0.1) is 0 Å². The predicted octanol–water partition coefficient (Wildman–Crippen LogP) is 2.44. The quantitative estimate of drug-likeness (QED) is 0.867. The molecule has 1 heterocycles. The highest BCUT2D eigenvalue weighted by molar-refractivity contribution is 7.89. The Labute approximate surface area is 132 Å². The highest BCUT2D eigenvalue weighted by Gasteiger charge is 2.32. The molecule has 1 aromatic rings. The van der Waals surface area contributed by atoms with Gasteiger partial charge >= 0.3 is 0 Å². The first-order chi connectivity index (χ1) is 9.63. The van der Waals surface area contributed by atoms with Crippen LogP contribution < -0.4 is 5.73 Å². The van der Waals surface area contributed by atoms with Gasteiger partial charge < -0.3 is 5.73 Å². The number of sulfonamides is 1. The van der Waals surface area contributed by atoms with Crippen LogP contribution in [0, 0.1) is 12.3 Å². The van der Waals surface area contributed by atoms with Crippen LogP contribution in [0.2, 0.25) is 0 Å². The molecule has 1 aromatic carbocycles. The van der Waals surface area contributed by atoms with E-state index in [4.69, 9.17) is 18.0 Å². The molecule has 0 saturated carbocycles. The molecule has 116 valence electrons. The summed E-state index contributed by atoms with van der Waals surface area (Å²) in [6.45, 7) is 7.33. The number of piperidine rings is 1. The van der Waals surface area contributed by atoms with Crippen LogP contribution in [-0.2, 0) is 10.0 Å². The highest BCUT2D eigenvalue weighted by atomic mass is 32.2. The van der Waals surface area contributed by atoms with E-state index in [2.05, 4.69) is 13.8 Å². The maximum Gasteiger partial charge on any atom is 0.243 e. The lowest BCUT2D eigenvalue weighted by Crippen LogP contribution is -2.41. The first kappa shape index (κ1) is 16.4. The minimum atomic E-state index is -3.43. The van der Waals surface area contributed by atoms with Crippen molar-refractivity contribution in [3.05, 3.63) is 29.3 Å². The molecule has 2 rings (SSSR count). The second-order valence-electron chi connectivity index (χ2n) is 6.41. The Morgan fingerprint density at radius 2 is 1.86 bits per heavy atom. The van der Waals surface area contributed by atoms with Gasteiger partial charge in [0.25, 0.3) is 0 Å². The van der Waals surface area contributed by atoms with E-state index in [-0.39, 0.29) is 10.4 Å². The fourth-order valence-electron chi connectivity index (χ4n) is 2.55. The molecule has 0 unspecified atom stereocenters. The number of thiocarbonyl (C=S) groups is 1. The van der Waals surface area contributed by atoms with Crippen LogP contribution in [0.5, 0.6) is 0 Å². The number of nitrogens with two attached hydrogens (primary N) is 1. The molecule has 2 N–H and O–H groups in total. The van der Waals surface area contributed by atoms with Crippen LogP contribution in [0.3, 0.4) is 0 Å². The Morgan fingerprint density at radius 1 is 1.29 bits per heavy atom. The van der Waals surface area contributed by atoms with E-state index in [0.29, 0.717) is 18.0 Å². The topological polar surface area (TPSA) is 63.4 Å². The van der Waals surface area contributed by atoms with Gasteiger partial charge in [0.05, 0.1) is 4.90 Å². The van der Waals surface area contributed by atoms with E-state index in [1.54, 1.807) is 22.5 Å². The Balaban J connectivity index is 2.28. The van der Waals surface area contributed by atoms with E-state index >= 15 is 0 Å². The van der Waals surface area contributed by atoms with Crippen LogP contribution in [0.25, 0.3) is 0 Å². The monoisotopic (exact) mass is 326 g/mol. The molecule has 1 aliphatic heterocycles. The third kappa shape index (κ3) is 3.44. The first-order valence-electron chi connectivity index (χ1n) is 7.04. The molecule has 0 amide bonds. The average molecular weight is 326 g/mol. The minimum Gasteiger partial charge on any atom is -0.389 e. The third-order valence-electron chi connectivity index (χ3n) is 4.18. The SMILES string of the molecule is Cc1cc(S(=O)(=O)N2CCC(C)(C)CC2)ccc1C(N)=S. The molecular weight excluding hydrogens is 304 g/mol. The summed E-state index contributed by atoms with van der Waals surface area (Å²) in [6, 6.07) is 4.94. The van der Waals surface area contributed by atoms with Gasteiger partial charge in [0.15, 0.2) is 0 Å². The summed E-state index contributed by atoms with van der Waals surface area (Å²) in [5, 5.41) is 0. The van der Waals surface area contributed by atoms with Gasteiger partial charge in [-0.1, -0.05) is 32.1 Å². The number of nitrogens with zero attached hydrogens (tertiary/aromatic N) is 1. The van der Waals surface area contributed by atoms with Crippen LogP contribution in [-0.4, -0.2) is 30.8 Å². The van der Waals surface area contributed by atoms with Crippen LogP contribution in [0.1, 0.15) is 37.8 Å². The summed E-state index contributed by atoms with van der Waals surface area (Å²) in [7, 11) is -3.43. The first-order valence-corrected chi connectivity index (χ1v) is 8.89. The molecular formula is C15H22N2O2S2. The molecule has 0 aromatic heterocycles. The lowest BCUT2D eigenvalue weighted by molar-refractivity contribution is 0.196. The Morgan fingerprint density at radius 3 is 2.33 bits per heavy atom. The van der Waals surface area contributed by atoms with Crippen LogP contribution in [0.15, 0.2) is 23.1 Å². The zero-order valence-electron chi connectivity index (χ0n) is 12.7. The van der Waals surface area contributed by atoms with Crippen LogP contribution in [0.4, 0.5) is 0 Å². The van der Waals surface area contributed by atoms with Crippen molar-refractivity contribution in [2.45, 2.75) is 38.5 Å². The van der Waals surface area contributed by atoms with Gasteiger partial charge in [-0.05, 0) is 42.9 Å². The molecule has 1 saturated heterocycles. The van der Waals surface area contributed by atoms with Crippen LogP contribution >= 0.6 is 12.2 Å². The third-order valence-corrected chi connectivity index (χ3v) is 6.29. The van der Waals surface area contributed by atoms with Gasteiger partial charge in [0.2, 0.25) is 10.0 Å². The van der Waals surface area contributed by atoms with E-state index < -0.39 is 10.0 Å². The zero-order chi connectivity index (χ0) is 15.8. The molecule has 0 spiro atoms. The Bertz CT molecular complexity index is 656. The number of benzene rings is 1. The molecule has 0 bridgehead atoms. The van der Waals surface area contributed by atoms with Crippen molar-refractivity contribution >= 4 is 27.2 Å². The summed E-state index contributed by atoms with van der Waals surface area (Å²) in [5.41, 5.74) is 7.36. The van der Waals surface area contributed by atoms with E-state index in [1.165, 1.54) is 0 Å². The van der Waals surface area contributed by atoms with Gasteiger partial charge in [0.1, 0.15) is 4.99 Å². The maximum atomic E-state index is 12.7. The summed E-state index contributed by atoms with van der Waals surface area (Å²) in [6.07, 6.45) is 1.77. The smallest absolute Gasteiger partial charge is 0.243 e. The molecule has 0 aliphatic carbocycles. The maximum absolute atomic E-state index is 12.7. The van der Waals surface area contributed by atoms with E-state index in [0.717, 1.165) is 24.0 Å². The number of hydrogen-bond donors (Lipinski definition) is 1. The molecule has 1 aliphatic rings. The molecule has 0 atom stereocenters. The Kier molecular flexibility index (Phi) is 4.42. The standard InChI is InChI=1S/C15H22N2O2S2/c1-11-10-12(4-5-13(11)14(16)20)21(18,19)17-8-6-15(2,3)7-9-17/h4-5,10H,6-9H2,1-3H3,(H2,16,20). The van der Waals surface area contributed by atoms with Gasteiger partial charge in [0, 0.05) is 18.7 Å². The van der Waals surface area contributed by atoms with Crippen molar-refractivity contribution in [1.29, 1.82) is 0 Å². The summed E-state index contributed by atoms with van der Waals surface area (Å²) in [4.78, 5) is 0.607. The highest BCUT2D eigenvalue weighted by Crippen LogP contribution is 2.32. The van der Waals surface area contributed by atoms with Crippen molar-refractivity contribution in [2.75, 3.05) is 13.1 Å². The Hall–Kier alpha value is -0.980. The second-order valence-corrected chi connectivity index (χ2v) is 8.79. The molecule has 1 fully saturated rings. The average Bonchev–Trinajstić information content (AvgIpc) is 2.37. The number of aryl methyl sites for hydroxylation is 1. The summed E-state index contributed by atoms with van der Waals surface area (Å²) < 4.78 is 27.0. The zero-order valence-corrected chi connectivity index (χ0v) is 14.4. The number of rotatable bonds is 3.